The molecule has 1 saturated heterocycles. The lowest BCUT2D eigenvalue weighted by atomic mass is 10.1. The Morgan fingerprint density at radius 1 is 1.16 bits per heavy atom. The standard InChI is InChI=1S/C28H41ClN4O3Si/c1-5-6-18-37(3,4)36-14-10-22(2)33-26-20-27(29)30-21-25(26)28(31-33)23-8-7-9-24(19-23)35-17-13-32-11-15-34-16-12-32/h7-9,19-22H,5-6,10-18H2,1-4H3/t22-/m0/s1. The van der Waals surface area contributed by atoms with Crippen molar-refractivity contribution in [2.75, 3.05) is 46.1 Å². The molecule has 202 valence electrons. The molecule has 1 aliphatic rings. The second kappa shape index (κ2) is 13.2. The predicted molar refractivity (Wildman–Crippen MR) is 153 cm³/mol. The van der Waals surface area contributed by atoms with E-state index in [0.717, 1.165) is 73.8 Å². The summed E-state index contributed by atoms with van der Waals surface area (Å²) in [6, 6.07) is 11.4. The minimum absolute atomic E-state index is 0.165. The van der Waals surface area contributed by atoms with E-state index in [9.17, 15) is 0 Å². The van der Waals surface area contributed by atoms with Crippen molar-refractivity contribution in [2.45, 2.75) is 58.3 Å². The van der Waals surface area contributed by atoms with Gasteiger partial charge in [0.1, 0.15) is 23.2 Å². The van der Waals surface area contributed by atoms with Gasteiger partial charge in [0.15, 0.2) is 8.32 Å². The third-order valence-electron chi connectivity index (χ3n) is 7.02. The van der Waals surface area contributed by atoms with Crippen molar-refractivity contribution in [3.63, 3.8) is 0 Å². The van der Waals surface area contributed by atoms with Crippen LogP contribution >= 0.6 is 11.6 Å². The number of pyridine rings is 1. The van der Waals surface area contributed by atoms with Crippen molar-refractivity contribution in [3.05, 3.63) is 41.7 Å². The van der Waals surface area contributed by atoms with Gasteiger partial charge in [-0.15, -0.1) is 0 Å². The van der Waals surface area contributed by atoms with Crippen molar-refractivity contribution in [1.82, 2.24) is 19.7 Å². The fourth-order valence-corrected chi connectivity index (χ4v) is 6.88. The van der Waals surface area contributed by atoms with E-state index >= 15 is 0 Å². The van der Waals surface area contributed by atoms with Gasteiger partial charge in [0.25, 0.3) is 0 Å². The molecule has 7 nitrogen and oxygen atoms in total. The lowest BCUT2D eigenvalue weighted by molar-refractivity contribution is 0.0322. The number of nitrogens with zero attached hydrogens (tertiary/aromatic N) is 4. The van der Waals surface area contributed by atoms with E-state index in [-0.39, 0.29) is 6.04 Å². The molecular weight excluding hydrogens is 504 g/mol. The summed E-state index contributed by atoms with van der Waals surface area (Å²) in [5, 5.41) is 6.51. The summed E-state index contributed by atoms with van der Waals surface area (Å²) < 4.78 is 20.0. The highest BCUT2D eigenvalue weighted by Crippen LogP contribution is 2.33. The number of benzene rings is 1. The van der Waals surface area contributed by atoms with Crippen LogP contribution in [0, 0.1) is 0 Å². The number of rotatable bonds is 13. The highest BCUT2D eigenvalue weighted by atomic mass is 35.5. The van der Waals surface area contributed by atoms with Gasteiger partial charge < -0.3 is 13.9 Å². The number of ether oxygens (including phenoxy) is 2. The van der Waals surface area contributed by atoms with Gasteiger partial charge in [0, 0.05) is 49.5 Å². The molecule has 0 spiro atoms. The van der Waals surface area contributed by atoms with Crippen LogP contribution in [0.1, 0.15) is 39.2 Å². The largest absolute Gasteiger partial charge is 0.492 e. The van der Waals surface area contributed by atoms with E-state index in [1.165, 1.54) is 18.9 Å². The van der Waals surface area contributed by atoms with Gasteiger partial charge in [-0.3, -0.25) is 9.58 Å². The molecule has 0 bridgehead atoms. The molecule has 0 unspecified atom stereocenters. The minimum atomic E-state index is -1.61. The second-order valence-corrected chi connectivity index (χ2v) is 15.2. The number of unbranched alkanes of at least 4 members (excludes halogenated alkanes) is 1. The summed E-state index contributed by atoms with van der Waals surface area (Å²) in [7, 11) is -1.61. The average Bonchev–Trinajstić information content (AvgIpc) is 3.27. The van der Waals surface area contributed by atoms with Gasteiger partial charge in [0.2, 0.25) is 0 Å². The lowest BCUT2D eigenvalue weighted by Gasteiger charge is -2.26. The quantitative estimate of drug-likeness (QED) is 0.182. The Kier molecular flexibility index (Phi) is 10.0. The maximum atomic E-state index is 6.38. The van der Waals surface area contributed by atoms with E-state index < -0.39 is 8.32 Å². The zero-order valence-corrected chi connectivity index (χ0v) is 24.5. The number of halogens is 1. The normalized spacial score (nSPS) is 15.8. The monoisotopic (exact) mass is 544 g/mol. The van der Waals surface area contributed by atoms with E-state index in [1.807, 2.05) is 24.4 Å². The Morgan fingerprint density at radius 3 is 2.76 bits per heavy atom. The van der Waals surface area contributed by atoms with E-state index in [0.29, 0.717) is 11.8 Å². The smallest absolute Gasteiger partial charge is 0.186 e. The number of morpholine rings is 1. The molecule has 2 aromatic heterocycles. The second-order valence-electron chi connectivity index (χ2n) is 10.5. The zero-order chi connectivity index (χ0) is 26.3. The van der Waals surface area contributed by atoms with Crippen LogP contribution in [0.3, 0.4) is 0 Å². The number of hydrogen-bond acceptors (Lipinski definition) is 6. The molecule has 1 fully saturated rings. The lowest BCUT2D eigenvalue weighted by Crippen LogP contribution is -2.38. The molecule has 0 saturated carbocycles. The molecule has 0 aliphatic carbocycles. The van der Waals surface area contributed by atoms with Crippen LogP contribution < -0.4 is 4.74 Å². The van der Waals surface area contributed by atoms with E-state index in [2.05, 4.69) is 53.6 Å². The molecule has 4 rings (SSSR count). The first-order valence-corrected chi connectivity index (χ1v) is 17.1. The molecule has 0 radical (unpaired) electrons. The molecule has 37 heavy (non-hydrogen) atoms. The molecule has 3 aromatic rings. The Bertz CT molecular complexity index is 1150. The summed E-state index contributed by atoms with van der Waals surface area (Å²) in [5.41, 5.74) is 2.89. The number of fused-ring (bicyclic) bond motifs is 1. The Morgan fingerprint density at radius 2 is 1.97 bits per heavy atom. The van der Waals surface area contributed by atoms with Crippen LogP contribution in [-0.2, 0) is 9.16 Å². The summed E-state index contributed by atoms with van der Waals surface area (Å²) >= 11 is 6.31. The van der Waals surface area contributed by atoms with Crippen LogP contribution in [0.15, 0.2) is 36.5 Å². The van der Waals surface area contributed by atoms with Crippen molar-refractivity contribution >= 4 is 30.8 Å². The van der Waals surface area contributed by atoms with Gasteiger partial charge in [0.05, 0.1) is 24.8 Å². The molecule has 1 aromatic carbocycles. The summed E-state index contributed by atoms with van der Waals surface area (Å²) in [5.74, 6) is 0.844. The third-order valence-corrected chi connectivity index (χ3v) is 9.77. The highest BCUT2D eigenvalue weighted by Gasteiger charge is 2.23. The minimum Gasteiger partial charge on any atom is -0.492 e. The molecule has 0 N–H and O–H groups in total. The van der Waals surface area contributed by atoms with Crippen molar-refractivity contribution in [3.8, 4) is 17.0 Å². The maximum Gasteiger partial charge on any atom is 0.186 e. The van der Waals surface area contributed by atoms with Crippen molar-refractivity contribution in [2.24, 2.45) is 0 Å². The SMILES string of the molecule is CCCC[Si](C)(C)OCC[C@H](C)n1nc(-c2cccc(OCCN3CCOCC3)c2)c2cnc(Cl)cc21. The highest BCUT2D eigenvalue weighted by molar-refractivity contribution is 6.71. The first-order chi connectivity index (χ1) is 17.9. The first kappa shape index (κ1) is 28.0. The van der Waals surface area contributed by atoms with Crippen LogP contribution in [-0.4, -0.2) is 74.0 Å². The van der Waals surface area contributed by atoms with Gasteiger partial charge in [-0.25, -0.2) is 4.98 Å². The zero-order valence-electron chi connectivity index (χ0n) is 22.7. The fourth-order valence-electron chi connectivity index (χ4n) is 4.71. The van der Waals surface area contributed by atoms with E-state index in [1.54, 1.807) is 0 Å². The summed E-state index contributed by atoms with van der Waals surface area (Å²) in [6.45, 7) is 14.9. The Labute approximate surface area is 227 Å². The molecule has 0 amide bonds. The van der Waals surface area contributed by atoms with Crippen LogP contribution in [0.25, 0.3) is 22.2 Å². The molecule has 1 aliphatic heterocycles. The van der Waals surface area contributed by atoms with Crippen LogP contribution in [0.2, 0.25) is 24.3 Å². The van der Waals surface area contributed by atoms with Crippen LogP contribution in [0.4, 0.5) is 0 Å². The Balaban J connectivity index is 1.47. The third kappa shape index (κ3) is 7.77. The Hall–Kier alpha value is -1.97. The topological polar surface area (TPSA) is 61.6 Å². The van der Waals surface area contributed by atoms with Gasteiger partial charge in [-0.2, -0.15) is 5.10 Å². The van der Waals surface area contributed by atoms with Gasteiger partial charge >= 0.3 is 0 Å². The predicted octanol–water partition coefficient (Wildman–Crippen LogP) is 6.44. The van der Waals surface area contributed by atoms with Crippen LogP contribution in [0.5, 0.6) is 5.75 Å². The van der Waals surface area contributed by atoms with Gasteiger partial charge in [-0.05, 0) is 44.6 Å². The van der Waals surface area contributed by atoms with Crippen molar-refractivity contribution in [1.29, 1.82) is 0 Å². The average molecular weight is 545 g/mol. The maximum absolute atomic E-state index is 6.38. The summed E-state index contributed by atoms with van der Waals surface area (Å²) in [6.07, 6.45) is 5.17. The fraction of sp³-hybridized carbons (Fsp3) is 0.571. The first-order valence-electron chi connectivity index (χ1n) is 13.6. The molecule has 9 heteroatoms. The van der Waals surface area contributed by atoms with Gasteiger partial charge in [-0.1, -0.05) is 43.5 Å². The number of hydrogen-bond donors (Lipinski definition) is 0. The number of aromatic nitrogens is 3. The molecule has 3 heterocycles. The molecule has 1 atom stereocenters. The van der Waals surface area contributed by atoms with Crippen molar-refractivity contribution < 1.29 is 13.9 Å². The summed E-state index contributed by atoms with van der Waals surface area (Å²) in [4.78, 5) is 6.73. The molecular formula is C28H41ClN4O3Si. The van der Waals surface area contributed by atoms with E-state index in [4.69, 9.17) is 30.6 Å².